The molecular weight excluding hydrogens is 375 g/mol. The number of thioether (sulfide) groups is 1. The zero-order valence-electron chi connectivity index (χ0n) is 15.2. The zero-order chi connectivity index (χ0) is 19.4. The third kappa shape index (κ3) is 6.59. The quantitative estimate of drug-likeness (QED) is 0.631. The highest BCUT2D eigenvalue weighted by Gasteiger charge is 2.29. The molecule has 0 atom stereocenters. The van der Waals surface area contributed by atoms with Crippen LogP contribution in [0.2, 0.25) is 0 Å². The van der Waals surface area contributed by atoms with E-state index in [9.17, 15) is 13.2 Å². The first-order valence-corrected chi connectivity index (χ1v) is 9.50. The van der Waals surface area contributed by atoms with Crippen LogP contribution in [0.5, 0.6) is 0 Å². The topological polar surface area (TPSA) is 53.1 Å². The highest BCUT2D eigenvalue weighted by molar-refractivity contribution is 8.00. The number of nitrogens with zero attached hydrogens (tertiary/aromatic N) is 3. The summed E-state index contributed by atoms with van der Waals surface area (Å²) in [6.07, 6.45) is 2.20. The van der Waals surface area contributed by atoms with Crippen molar-refractivity contribution in [1.29, 1.82) is 0 Å². The van der Waals surface area contributed by atoms with Crippen LogP contribution in [0.15, 0.2) is 35.2 Å². The summed E-state index contributed by atoms with van der Waals surface area (Å²) >= 11 is -0.129. The number of likely N-dealkylation sites (N-methyl/N-ethyl adjacent to an activating group) is 1. The first kappa shape index (κ1) is 19.8. The lowest BCUT2D eigenvalue weighted by Gasteiger charge is -2.13. The summed E-state index contributed by atoms with van der Waals surface area (Å²) in [5, 5.41) is 6.32. The van der Waals surface area contributed by atoms with Crippen LogP contribution in [0.1, 0.15) is 24.5 Å². The molecule has 1 aromatic carbocycles. The van der Waals surface area contributed by atoms with Crippen LogP contribution in [0.4, 0.5) is 30.6 Å². The van der Waals surface area contributed by atoms with Gasteiger partial charge in [-0.25, -0.2) is 4.98 Å². The largest absolute Gasteiger partial charge is 0.446 e. The number of alkyl halides is 3. The Hall–Kier alpha value is -2.00. The lowest BCUT2D eigenvalue weighted by atomic mass is 10.2. The molecule has 3 rings (SSSR count). The summed E-state index contributed by atoms with van der Waals surface area (Å²) in [5.74, 6) is 1.55. The molecule has 2 aromatic rings. The molecular formula is C18H22F3N5S. The van der Waals surface area contributed by atoms with Gasteiger partial charge in [-0.3, -0.25) is 0 Å². The Morgan fingerprint density at radius 3 is 2.63 bits per heavy atom. The number of benzene rings is 1. The van der Waals surface area contributed by atoms with Gasteiger partial charge < -0.3 is 15.5 Å². The van der Waals surface area contributed by atoms with Crippen molar-refractivity contribution in [3.63, 3.8) is 0 Å². The van der Waals surface area contributed by atoms with E-state index in [1.54, 1.807) is 12.1 Å². The standard InChI is InChI=1S/C18H22F3N5S/c1-26(2)9-8-22-17-24-15(12-6-7-12)11-16(25-17)23-13-4-3-5-14(10-13)27-18(19,20)21/h3-5,10-12H,6-9H2,1-2H3,(H2,22,23,24,25). The summed E-state index contributed by atoms with van der Waals surface area (Å²) in [6.45, 7) is 1.55. The van der Waals surface area contributed by atoms with Crippen molar-refractivity contribution in [3.8, 4) is 0 Å². The van der Waals surface area contributed by atoms with Crippen molar-refractivity contribution in [2.45, 2.75) is 29.2 Å². The van der Waals surface area contributed by atoms with Crippen LogP contribution in [-0.4, -0.2) is 47.6 Å². The van der Waals surface area contributed by atoms with E-state index in [-0.39, 0.29) is 16.7 Å². The minimum Gasteiger partial charge on any atom is -0.353 e. The fraction of sp³-hybridized carbons (Fsp3) is 0.444. The first-order valence-electron chi connectivity index (χ1n) is 8.69. The molecule has 146 valence electrons. The molecule has 1 heterocycles. The first-order chi connectivity index (χ1) is 12.8. The Bertz CT molecular complexity index is 778. The number of hydrogen-bond donors (Lipinski definition) is 2. The van der Waals surface area contributed by atoms with Gasteiger partial charge in [0.2, 0.25) is 5.95 Å². The van der Waals surface area contributed by atoms with Gasteiger partial charge in [-0.1, -0.05) is 6.07 Å². The van der Waals surface area contributed by atoms with Crippen LogP contribution in [-0.2, 0) is 0 Å². The summed E-state index contributed by atoms with van der Waals surface area (Å²) < 4.78 is 37.8. The highest BCUT2D eigenvalue weighted by atomic mass is 32.2. The molecule has 0 spiro atoms. The van der Waals surface area contributed by atoms with Gasteiger partial charge in [-0.15, -0.1) is 0 Å². The Morgan fingerprint density at radius 2 is 1.96 bits per heavy atom. The Morgan fingerprint density at radius 1 is 1.19 bits per heavy atom. The summed E-state index contributed by atoms with van der Waals surface area (Å²) in [7, 11) is 3.98. The predicted octanol–water partition coefficient (Wildman–Crippen LogP) is 4.68. The normalized spacial score (nSPS) is 14.4. The fourth-order valence-corrected chi connectivity index (χ4v) is 3.11. The molecule has 1 saturated carbocycles. The molecule has 0 saturated heterocycles. The molecule has 1 aliphatic rings. The molecule has 27 heavy (non-hydrogen) atoms. The van der Waals surface area contributed by atoms with Crippen LogP contribution in [0.3, 0.4) is 0 Å². The van der Waals surface area contributed by atoms with Gasteiger partial charge >= 0.3 is 5.51 Å². The molecule has 5 nitrogen and oxygen atoms in total. The second-order valence-corrected chi connectivity index (χ2v) is 7.85. The second-order valence-electron chi connectivity index (χ2n) is 6.71. The van der Waals surface area contributed by atoms with E-state index in [1.165, 1.54) is 12.1 Å². The number of anilines is 3. The van der Waals surface area contributed by atoms with Gasteiger partial charge in [0.05, 0.1) is 5.69 Å². The number of nitrogens with one attached hydrogen (secondary N) is 2. The molecule has 0 aliphatic heterocycles. The van der Waals surface area contributed by atoms with Gasteiger partial charge in [0.15, 0.2) is 0 Å². The van der Waals surface area contributed by atoms with Crippen molar-refractivity contribution < 1.29 is 13.2 Å². The molecule has 9 heteroatoms. The Balaban J connectivity index is 1.75. The molecule has 0 amide bonds. The monoisotopic (exact) mass is 397 g/mol. The maximum absolute atomic E-state index is 12.6. The van der Waals surface area contributed by atoms with E-state index in [4.69, 9.17) is 0 Å². The number of rotatable bonds is 8. The van der Waals surface area contributed by atoms with E-state index >= 15 is 0 Å². The van der Waals surface area contributed by atoms with Crippen molar-refractivity contribution in [3.05, 3.63) is 36.0 Å². The van der Waals surface area contributed by atoms with E-state index < -0.39 is 5.51 Å². The zero-order valence-corrected chi connectivity index (χ0v) is 16.0. The van der Waals surface area contributed by atoms with Crippen molar-refractivity contribution in [1.82, 2.24) is 14.9 Å². The second kappa shape index (κ2) is 8.35. The predicted molar refractivity (Wildman–Crippen MR) is 103 cm³/mol. The smallest absolute Gasteiger partial charge is 0.353 e. The van der Waals surface area contributed by atoms with Crippen molar-refractivity contribution >= 4 is 29.2 Å². The van der Waals surface area contributed by atoms with Gasteiger partial charge in [0.25, 0.3) is 0 Å². The van der Waals surface area contributed by atoms with E-state index in [2.05, 4.69) is 25.5 Å². The molecule has 1 aromatic heterocycles. The fourth-order valence-electron chi connectivity index (χ4n) is 2.51. The highest BCUT2D eigenvalue weighted by Crippen LogP contribution is 2.40. The summed E-state index contributed by atoms with van der Waals surface area (Å²) in [5.41, 5.74) is -2.79. The average molecular weight is 397 g/mol. The van der Waals surface area contributed by atoms with Crippen LogP contribution in [0, 0.1) is 0 Å². The lowest BCUT2D eigenvalue weighted by molar-refractivity contribution is -0.0328. The number of hydrogen-bond acceptors (Lipinski definition) is 6. The maximum atomic E-state index is 12.6. The molecule has 0 bridgehead atoms. The van der Waals surface area contributed by atoms with E-state index in [0.717, 1.165) is 25.1 Å². The van der Waals surface area contributed by atoms with Gasteiger partial charge in [-0.05, 0) is 56.9 Å². The van der Waals surface area contributed by atoms with Crippen molar-refractivity contribution in [2.75, 3.05) is 37.8 Å². The minimum absolute atomic E-state index is 0.129. The minimum atomic E-state index is -4.31. The maximum Gasteiger partial charge on any atom is 0.446 e. The SMILES string of the molecule is CN(C)CCNc1nc(Nc2cccc(SC(F)(F)F)c2)cc(C2CC2)n1. The summed E-state index contributed by atoms with van der Waals surface area (Å²) in [4.78, 5) is 11.2. The van der Waals surface area contributed by atoms with E-state index in [1.807, 2.05) is 20.2 Å². The van der Waals surface area contributed by atoms with Gasteiger partial charge in [-0.2, -0.15) is 18.2 Å². The number of aromatic nitrogens is 2. The average Bonchev–Trinajstić information content (AvgIpc) is 3.38. The van der Waals surface area contributed by atoms with Gasteiger partial charge in [0.1, 0.15) is 5.82 Å². The van der Waals surface area contributed by atoms with Crippen LogP contribution in [0.25, 0.3) is 0 Å². The van der Waals surface area contributed by atoms with Crippen LogP contribution >= 0.6 is 11.8 Å². The molecule has 0 unspecified atom stereocenters. The van der Waals surface area contributed by atoms with Gasteiger partial charge in [0, 0.05) is 35.7 Å². The third-order valence-corrected chi connectivity index (χ3v) is 4.64. The Labute approximate surface area is 160 Å². The molecule has 2 N–H and O–H groups in total. The molecule has 0 radical (unpaired) electrons. The lowest BCUT2D eigenvalue weighted by Crippen LogP contribution is -2.21. The van der Waals surface area contributed by atoms with Crippen LogP contribution < -0.4 is 10.6 Å². The van der Waals surface area contributed by atoms with E-state index in [0.29, 0.717) is 29.9 Å². The third-order valence-electron chi connectivity index (χ3n) is 3.92. The molecule has 1 fully saturated rings. The Kier molecular flexibility index (Phi) is 6.11. The molecule has 1 aliphatic carbocycles. The summed E-state index contributed by atoms with van der Waals surface area (Å²) in [6, 6.07) is 8.09. The van der Waals surface area contributed by atoms with Crippen molar-refractivity contribution in [2.24, 2.45) is 0 Å². The number of halogens is 3.